The van der Waals surface area contributed by atoms with Gasteiger partial charge in [0.15, 0.2) is 16.6 Å². The predicted octanol–water partition coefficient (Wildman–Crippen LogP) is 6.86. The summed E-state index contributed by atoms with van der Waals surface area (Å²) < 4.78 is 25.7. The van der Waals surface area contributed by atoms with Gasteiger partial charge in [0.2, 0.25) is 0 Å². The van der Waals surface area contributed by atoms with Gasteiger partial charge >= 0.3 is 5.97 Å². The van der Waals surface area contributed by atoms with Crippen LogP contribution in [0.5, 0.6) is 0 Å². The number of carbonyl (C=O) groups excluding carboxylic acids is 1. The van der Waals surface area contributed by atoms with Crippen LogP contribution in [-0.2, 0) is 23.1 Å². The summed E-state index contributed by atoms with van der Waals surface area (Å²) in [7, 11) is -2.83. The first-order valence-corrected chi connectivity index (χ1v) is 17.9. The lowest BCUT2D eigenvalue weighted by atomic mass is 10.00. The molecule has 1 aromatic carbocycles. The van der Waals surface area contributed by atoms with Gasteiger partial charge in [-0.05, 0) is 48.2 Å². The Labute approximate surface area is 203 Å². The maximum Gasteiger partial charge on any atom is 0.305 e. The highest BCUT2D eigenvalue weighted by molar-refractivity contribution is 6.74. The third kappa shape index (κ3) is 6.78. The number of carbonyl (C=O) groups is 1. The maximum atomic E-state index is 12.0. The van der Waals surface area contributed by atoms with E-state index in [-0.39, 0.29) is 40.5 Å². The molecular formula is C26H46O5Si2. The van der Waals surface area contributed by atoms with Crippen molar-refractivity contribution in [3.8, 4) is 0 Å². The third-order valence-electron chi connectivity index (χ3n) is 7.77. The van der Waals surface area contributed by atoms with E-state index in [2.05, 4.69) is 79.9 Å². The van der Waals surface area contributed by atoms with Crippen LogP contribution in [0.4, 0.5) is 0 Å². The van der Waals surface area contributed by atoms with Crippen molar-refractivity contribution in [2.75, 3.05) is 7.11 Å². The Morgan fingerprint density at radius 2 is 1.36 bits per heavy atom. The number of hydrogen-bond acceptors (Lipinski definition) is 5. The van der Waals surface area contributed by atoms with Crippen LogP contribution in [0, 0.1) is 0 Å². The zero-order valence-corrected chi connectivity index (χ0v) is 24.7. The summed E-state index contributed by atoms with van der Waals surface area (Å²) in [4.78, 5) is 12.0. The fraction of sp³-hybridized carbons (Fsp3) is 0.731. The van der Waals surface area contributed by atoms with Crippen molar-refractivity contribution in [2.24, 2.45) is 0 Å². The van der Waals surface area contributed by atoms with Crippen LogP contribution in [0.3, 0.4) is 0 Å². The van der Waals surface area contributed by atoms with Gasteiger partial charge in [0.05, 0.1) is 19.3 Å². The summed E-state index contributed by atoms with van der Waals surface area (Å²) in [6, 6.07) is 10.3. The van der Waals surface area contributed by atoms with E-state index in [1.807, 2.05) is 18.2 Å². The van der Waals surface area contributed by atoms with Gasteiger partial charge in [-0.2, -0.15) is 0 Å². The monoisotopic (exact) mass is 494 g/mol. The van der Waals surface area contributed by atoms with Crippen molar-refractivity contribution >= 4 is 22.6 Å². The van der Waals surface area contributed by atoms with Crippen LogP contribution >= 0.6 is 0 Å². The Kier molecular flexibility index (Phi) is 8.83. The van der Waals surface area contributed by atoms with Crippen molar-refractivity contribution in [2.45, 2.75) is 115 Å². The number of rotatable bonds is 8. The molecule has 2 rings (SSSR count). The van der Waals surface area contributed by atoms with E-state index in [1.54, 1.807) is 0 Å². The first kappa shape index (κ1) is 28.2. The molecular weight excluding hydrogens is 448 g/mol. The van der Waals surface area contributed by atoms with E-state index in [0.29, 0.717) is 12.8 Å². The lowest BCUT2D eigenvalue weighted by Crippen LogP contribution is -2.53. The average Bonchev–Trinajstić information content (AvgIpc) is 3.01. The molecule has 1 aliphatic rings. The van der Waals surface area contributed by atoms with Crippen molar-refractivity contribution in [3.63, 3.8) is 0 Å². The minimum atomic E-state index is -2.13. The van der Waals surface area contributed by atoms with Crippen LogP contribution < -0.4 is 0 Å². The molecule has 0 aliphatic carbocycles. The van der Waals surface area contributed by atoms with Crippen molar-refractivity contribution in [1.29, 1.82) is 0 Å². The molecule has 0 bridgehead atoms. The van der Waals surface area contributed by atoms with Gasteiger partial charge in [0.25, 0.3) is 0 Å². The minimum absolute atomic E-state index is 0.0479. The lowest BCUT2D eigenvalue weighted by molar-refractivity contribution is -0.141. The highest BCUT2D eigenvalue weighted by atomic mass is 28.4. The second-order valence-corrected chi connectivity index (χ2v) is 21.8. The normalized spacial score (nSPS) is 24.7. The molecule has 188 valence electrons. The molecule has 1 fully saturated rings. The molecule has 5 nitrogen and oxygen atoms in total. The molecule has 0 aromatic heterocycles. The van der Waals surface area contributed by atoms with Gasteiger partial charge < -0.3 is 18.3 Å². The van der Waals surface area contributed by atoms with E-state index in [9.17, 15) is 4.79 Å². The first-order valence-electron chi connectivity index (χ1n) is 12.1. The Bertz CT molecular complexity index is 780. The Balaban J connectivity index is 2.51. The molecule has 1 aromatic rings. The molecule has 0 spiro atoms. The zero-order valence-electron chi connectivity index (χ0n) is 22.7. The van der Waals surface area contributed by atoms with E-state index < -0.39 is 16.6 Å². The van der Waals surface area contributed by atoms with Gasteiger partial charge in [-0.3, -0.25) is 4.79 Å². The van der Waals surface area contributed by atoms with E-state index in [4.69, 9.17) is 18.3 Å². The fourth-order valence-corrected chi connectivity index (χ4v) is 6.15. The van der Waals surface area contributed by atoms with Gasteiger partial charge in [0, 0.05) is 6.42 Å². The summed E-state index contributed by atoms with van der Waals surface area (Å²) >= 11 is 0. The quantitative estimate of drug-likeness (QED) is 0.292. The molecule has 7 heteroatoms. The second-order valence-electron chi connectivity index (χ2n) is 12.3. The maximum absolute atomic E-state index is 12.0. The Hall–Kier alpha value is -0.996. The topological polar surface area (TPSA) is 54.0 Å². The summed E-state index contributed by atoms with van der Waals surface area (Å²) in [5.41, 5.74) is 1.09. The van der Waals surface area contributed by atoms with Gasteiger partial charge in [-0.1, -0.05) is 71.9 Å². The van der Waals surface area contributed by atoms with Crippen LogP contribution in [0.2, 0.25) is 36.3 Å². The molecule has 33 heavy (non-hydrogen) atoms. The largest absolute Gasteiger partial charge is 0.469 e. The van der Waals surface area contributed by atoms with Crippen molar-refractivity contribution < 1.29 is 23.1 Å². The number of methoxy groups -OCH3 is 1. The van der Waals surface area contributed by atoms with Gasteiger partial charge in [0.1, 0.15) is 12.2 Å². The highest BCUT2D eigenvalue weighted by Crippen LogP contribution is 2.47. The van der Waals surface area contributed by atoms with E-state index in [0.717, 1.165) is 5.56 Å². The van der Waals surface area contributed by atoms with Gasteiger partial charge in [-0.15, -0.1) is 0 Å². The predicted molar refractivity (Wildman–Crippen MR) is 139 cm³/mol. The number of benzene rings is 1. The van der Waals surface area contributed by atoms with E-state index in [1.165, 1.54) is 7.11 Å². The minimum Gasteiger partial charge on any atom is -0.469 e. The summed E-state index contributed by atoms with van der Waals surface area (Å²) in [5, 5.41) is 0.103. The standard InChI is InChI=1S/C26H46O5Si2/c1-25(2,3)32(8,9)30-23-20(17-18-21(27)28-7)29-22(19-15-13-12-14-16-19)24(23)31-33(10,11)26(4,5)6/h12-16,20,22-24H,17-18H2,1-11H3/t20-,22+,23+,24+/m0/s1. The van der Waals surface area contributed by atoms with Crippen molar-refractivity contribution in [1.82, 2.24) is 0 Å². The molecule has 1 aliphatic heterocycles. The Morgan fingerprint density at radius 3 is 1.82 bits per heavy atom. The lowest BCUT2D eigenvalue weighted by Gasteiger charge is -2.44. The van der Waals surface area contributed by atoms with Crippen LogP contribution in [0.1, 0.15) is 66.1 Å². The summed E-state index contributed by atoms with van der Waals surface area (Å²) in [6.07, 6.45) is -0.102. The third-order valence-corrected chi connectivity index (χ3v) is 16.7. The molecule has 0 N–H and O–H groups in total. The molecule has 0 radical (unpaired) electrons. The first-order chi connectivity index (χ1) is 15.0. The van der Waals surface area contributed by atoms with Crippen LogP contribution in [-0.4, -0.2) is 48.0 Å². The summed E-state index contributed by atoms with van der Waals surface area (Å²) in [6.45, 7) is 22.6. The molecule has 0 amide bonds. The second kappa shape index (κ2) is 10.3. The smallest absolute Gasteiger partial charge is 0.305 e. The Morgan fingerprint density at radius 1 is 0.879 bits per heavy atom. The van der Waals surface area contributed by atoms with Crippen LogP contribution in [0.15, 0.2) is 30.3 Å². The fourth-order valence-electron chi connectivity index (χ4n) is 3.54. The summed E-state index contributed by atoms with van der Waals surface area (Å²) in [5.74, 6) is -0.227. The molecule has 0 unspecified atom stereocenters. The zero-order chi connectivity index (χ0) is 25.2. The molecule has 1 heterocycles. The number of esters is 1. The number of hydrogen-bond donors (Lipinski definition) is 0. The van der Waals surface area contributed by atoms with Crippen LogP contribution in [0.25, 0.3) is 0 Å². The van der Waals surface area contributed by atoms with Crippen molar-refractivity contribution in [3.05, 3.63) is 35.9 Å². The van der Waals surface area contributed by atoms with E-state index >= 15 is 0 Å². The van der Waals surface area contributed by atoms with Gasteiger partial charge in [-0.25, -0.2) is 0 Å². The molecule has 0 saturated carbocycles. The highest BCUT2D eigenvalue weighted by Gasteiger charge is 2.53. The average molecular weight is 495 g/mol. The molecule has 4 atom stereocenters. The SMILES string of the molecule is COC(=O)CC[C@@H]1O[C@H](c2ccccc2)[C@@H](O[Si](C)(C)C(C)(C)C)[C@@H]1O[Si](C)(C)C(C)(C)C. The molecule has 1 saturated heterocycles. The number of ether oxygens (including phenoxy) is 2.